The molecule has 26 heavy (non-hydrogen) atoms. The van der Waals surface area contributed by atoms with Crippen LogP contribution in [-0.2, 0) is 11.5 Å². The van der Waals surface area contributed by atoms with Crippen LogP contribution in [0.3, 0.4) is 0 Å². The van der Waals surface area contributed by atoms with E-state index in [1.54, 1.807) is 0 Å². The summed E-state index contributed by atoms with van der Waals surface area (Å²) in [6, 6.07) is 15.1. The Kier molecular flexibility index (Phi) is 6.16. The molecule has 0 bridgehead atoms. The van der Waals surface area contributed by atoms with E-state index in [4.69, 9.17) is 4.74 Å². The molecule has 1 atom stereocenters. The number of aliphatic hydroxyl groups excluding tert-OH is 1. The average Bonchev–Trinajstić information content (AvgIpc) is 3.00. The summed E-state index contributed by atoms with van der Waals surface area (Å²) < 4.78 is 8.84. The first-order chi connectivity index (χ1) is 12.3. The van der Waals surface area contributed by atoms with Crippen LogP contribution in [0.25, 0.3) is 10.9 Å². The Morgan fingerprint density at radius 1 is 1.12 bits per heavy atom. The third-order valence-electron chi connectivity index (χ3n) is 4.38. The van der Waals surface area contributed by atoms with Crippen molar-refractivity contribution < 1.29 is 9.84 Å². The Morgan fingerprint density at radius 3 is 2.50 bits per heavy atom. The van der Waals surface area contributed by atoms with Crippen molar-refractivity contribution in [2.45, 2.75) is 38.5 Å². The Labute approximate surface area is 169 Å². The monoisotopic (exact) mass is 480 g/mol. The van der Waals surface area contributed by atoms with Crippen molar-refractivity contribution in [2.24, 2.45) is 0 Å². The zero-order valence-corrected chi connectivity index (χ0v) is 18.6. The van der Waals surface area contributed by atoms with Crippen molar-refractivity contribution in [1.29, 1.82) is 0 Å². The lowest BCUT2D eigenvalue weighted by molar-refractivity contribution is 0.0817. The molecule has 0 aliphatic heterocycles. The van der Waals surface area contributed by atoms with Gasteiger partial charge in [0.2, 0.25) is 0 Å². The minimum Gasteiger partial charge on any atom is -0.384 e. The lowest BCUT2D eigenvalue weighted by atomic mass is 10.0. The first-order valence-electron chi connectivity index (χ1n) is 8.80. The highest BCUT2D eigenvalue weighted by molar-refractivity contribution is 14.1. The minimum atomic E-state index is -1.07. The molecule has 4 nitrogen and oxygen atoms in total. The Bertz CT molecular complexity index is 872. The number of halogens is 1. The molecule has 0 unspecified atom stereocenters. The second kappa shape index (κ2) is 8.20. The minimum absolute atomic E-state index is 0.465. The van der Waals surface area contributed by atoms with Crippen molar-refractivity contribution in [2.75, 3.05) is 6.61 Å². The highest BCUT2D eigenvalue weighted by atomic mass is 127. The van der Waals surface area contributed by atoms with Crippen molar-refractivity contribution in [3.8, 4) is 0 Å². The number of hydrogen-bond acceptors (Lipinski definition) is 3. The molecule has 0 radical (unpaired) electrons. The lowest BCUT2D eigenvalue weighted by Crippen LogP contribution is -2.22. The summed E-state index contributed by atoms with van der Waals surface area (Å²) in [4.78, 5) is 0. The molecule has 1 heterocycles. The quantitative estimate of drug-likeness (QED) is 0.293. The fourth-order valence-electron chi connectivity index (χ4n) is 2.75. The van der Waals surface area contributed by atoms with Gasteiger partial charge in [-0.15, -0.1) is 0 Å². The van der Waals surface area contributed by atoms with Crippen LogP contribution >= 0.6 is 22.6 Å². The number of aromatic nitrogens is 2. The lowest BCUT2D eigenvalue weighted by Gasteiger charge is -2.15. The molecule has 0 fully saturated rings. The molecule has 0 saturated heterocycles. The number of nitrogens with zero attached hydrogens (tertiary/aromatic N) is 2. The number of fused-ring (bicyclic) bond motifs is 1. The van der Waals surface area contributed by atoms with E-state index in [9.17, 15) is 5.11 Å². The van der Waals surface area contributed by atoms with Crippen molar-refractivity contribution >= 4 is 41.6 Å². The molecule has 1 N–H and O–H groups in total. The Morgan fingerprint density at radius 2 is 1.81 bits per heavy atom. The fraction of sp³-hybridized carbons (Fsp3) is 0.350. The van der Waals surface area contributed by atoms with Crippen molar-refractivity contribution in [1.82, 2.24) is 9.78 Å². The second-order valence-corrected chi connectivity index (χ2v) is 14.6. The van der Waals surface area contributed by atoms with Gasteiger partial charge in [-0.1, -0.05) is 37.8 Å². The van der Waals surface area contributed by atoms with Crippen LogP contribution in [0.5, 0.6) is 0 Å². The Hall–Kier alpha value is -1.22. The molecule has 138 valence electrons. The van der Waals surface area contributed by atoms with Crippen LogP contribution in [0.1, 0.15) is 17.2 Å². The van der Waals surface area contributed by atoms with Crippen LogP contribution in [0.15, 0.2) is 48.7 Å². The molecule has 3 aromatic rings. The summed E-state index contributed by atoms with van der Waals surface area (Å²) >= 11 is 2.26. The maximum atomic E-state index is 10.6. The first kappa shape index (κ1) is 19.5. The van der Waals surface area contributed by atoms with E-state index in [0.717, 1.165) is 38.3 Å². The van der Waals surface area contributed by atoms with Crippen LogP contribution in [0.2, 0.25) is 25.7 Å². The van der Waals surface area contributed by atoms with Crippen LogP contribution in [0, 0.1) is 3.57 Å². The third kappa shape index (κ3) is 4.94. The van der Waals surface area contributed by atoms with E-state index in [2.05, 4.69) is 47.3 Å². The van der Waals surface area contributed by atoms with Gasteiger partial charge in [-0.2, -0.15) is 5.10 Å². The summed E-state index contributed by atoms with van der Waals surface area (Å²) in [7, 11) is -1.07. The van der Waals surface area contributed by atoms with E-state index in [1.165, 1.54) is 0 Å². The number of aliphatic hydroxyl groups is 1. The Balaban J connectivity index is 1.71. The summed E-state index contributed by atoms with van der Waals surface area (Å²) in [5, 5.41) is 16.1. The molecule has 0 spiro atoms. The number of benzene rings is 2. The predicted molar refractivity (Wildman–Crippen MR) is 117 cm³/mol. The smallest absolute Gasteiger partial charge is 0.139 e. The van der Waals surface area contributed by atoms with Gasteiger partial charge in [0.25, 0.3) is 0 Å². The summed E-state index contributed by atoms with van der Waals surface area (Å²) in [6.45, 7) is 8.29. The maximum absolute atomic E-state index is 10.6. The number of hydrogen-bond donors (Lipinski definition) is 1. The van der Waals surface area contributed by atoms with E-state index >= 15 is 0 Å². The van der Waals surface area contributed by atoms with E-state index in [0.29, 0.717) is 6.73 Å². The average molecular weight is 480 g/mol. The van der Waals surface area contributed by atoms with Gasteiger partial charge in [-0.3, -0.25) is 0 Å². The maximum Gasteiger partial charge on any atom is 0.139 e. The second-order valence-electron chi connectivity index (χ2n) is 7.76. The first-order valence-corrected chi connectivity index (χ1v) is 13.6. The summed E-state index contributed by atoms with van der Waals surface area (Å²) in [5.41, 5.74) is 2.79. The molecule has 6 heteroatoms. The zero-order valence-electron chi connectivity index (χ0n) is 15.4. The largest absolute Gasteiger partial charge is 0.384 e. The molecular formula is C20H25IN2O2Si. The molecule has 0 aliphatic rings. The molecule has 0 saturated carbocycles. The van der Waals surface area contributed by atoms with E-state index in [1.807, 2.05) is 53.3 Å². The van der Waals surface area contributed by atoms with Crippen molar-refractivity contribution in [3.63, 3.8) is 0 Å². The van der Waals surface area contributed by atoms with E-state index < -0.39 is 14.2 Å². The molecule has 0 amide bonds. The standard InChI is InChI=1S/C20H25IN2O2Si/c1-26(2,3)11-10-25-14-23-19-9-6-16(12-17(19)13-22-23)20(24)15-4-7-18(21)8-5-15/h4-9,12-13,20,24H,10-11,14H2,1-3H3/t20-/m1/s1. The zero-order chi connectivity index (χ0) is 18.7. The van der Waals surface area contributed by atoms with Gasteiger partial charge in [0, 0.05) is 23.6 Å². The third-order valence-corrected chi connectivity index (χ3v) is 6.80. The van der Waals surface area contributed by atoms with Gasteiger partial charge >= 0.3 is 0 Å². The topological polar surface area (TPSA) is 47.3 Å². The summed E-state index contributed by atoms with van der Waals surface area (Å²) in [5.74, 6) is 0. The van der Waals surface area contributed by atoms with Gasteiger partial charge in [0.15, 0.2) is 0 Å². The SMILES string of the molecule is C[Si](C)(C)CCOCn1ncc2cc([C@H](O)c3ccc(I)cc3)ccc21. The van der Waals surface area contributed by atoms with Crippen LogP contribution < -0.4 is 0 Å². The number of rotatable bonds is 7. The van der Waals surface area contributed by atoms with Gasteiger partial charge in [-0.25, -0.2) is 4.68 Å². The normalized spacial score (nSPS) is 13.3. The fourth-order valence-corrected chi connectivity index (χ4v) is 3.86. The molecule has 2 aromatic carbocycles. The highest BCUT2D eigenvalue weighted by Gasteiger charge is 2.14. The van der Waals surface area contributed by atoms with Gasteiger partial charge in [0.05, 0.1) is 11.7 Å². The van der Waals surface area contributed by atoms with Crippen molar-refractivity contribution in [3.05, 3.63) is 63.4 Å². The van der Waals surface area contributed by atoms with Gasteiger partial charge in [0.1, 0.15) is 12.8 Å². The molecular weight excluding hydrogens is 455 g/mol. The van der Waals surface area contributed by atoms with E-state index in [-0.39, 0.29) is 0 Å². The summed E-state index contributed by atoms with van der Waals surface area (Å²) in [6.07, 6.45) is 1.20. The van der Waals surface area contributed by atoms with Gasteiger partial charge in [-0.05, 0) is 64.0 Å². The molecule has 0 aliphatic carbocycles. The molecule has 3 rings (SSSR count). The number of ether oxygens (including phenoxy) is 1. The highest BCUT2D eigenvalue weighted by Crippen LogP contribution is 2.26. The predicted octanol–water partition coefficient (Wildman–Crippen LogP) is 5.03. The van der Waals surface area contributed by atoms with Crippen LogP contribution in [0.4, 0.5) is 0 Å². The van der Waals surface area contributed by atoms with Crippen LogP contribution in [-0.4, -0.2) is 29.6 Å². The van der Waals surface area contributed by atoms with Gasteiger partial charge < -0.3 is 9.84 Å². The molecule has 1 aromatic heterocycles.